The zero-order valence-electron chi connectivity index (χ0n) is 12.0. The van der Waals surface area contributed by atoms with Gasteiger partial charge in [0.05, 0.1) is 19.8 Å². The molecule has 112 valence electrons. The SMILES string of the molecule is COCCOCCC(=O)NC(CN)C1CCCCC1. The summed E-state index contributed by atoms with van der Waals surface area (Å²) in [4.78, 5) is 11.8. The molecule has 0 spiro atoms. The van der Waals surface area contributed by atoms with Gasteiger partial charge in [-0.25, -0.2) is 0 Å². The first-order chi connectivity index (χ1) is 9.27. The average Bonchev–Trinajstić information content (AvgIpc) is 2.45. The first-order valence-corrected chi connectivity index (χ1v) is 7.34. The van der Waals surface area contributed by atoms with Gasteiger partial charge in [0.15, 0.2) is 0 Å². The highest BCUT2D eigenvalue weighted by Crippen LogP contribution is 2.26. The van der Waals surface area contributed by atoms with Gasteiger partial charge in [-0.05, 0) is 18.8 Å². The maximum atomic E-state index is 11.8. The van der Waals surface area contributed by atoms with Gasteiger partial charge in [0, 0.05) is 26.1 Å². The molecule has 1 unspecified atom stereocenters. The molecule has 1 aliphatic rings. The quantitative estimate of drug-likeness (QED) is 0.616. The molecule has 1 rings (SSSR count). The van der Waals surface area contributed by atoms with Crippen molar-refractivity contribution in [3.8, 4) is 0 Å². The summed E-state index contributed by atoms with van der Waals surface area (Å²) in [5.41, 5.74) is 5.78. The highest BCUT2D eigenvalue weighted by Gasteiger charge is 2.23. The van der Waals surface area contributed by atoms with Crippen molar-refractivity contribution in [2.75, 3.05) is 33.5 Å². The summed E-state index contributed by atoms with van der Waals surface area (Å²) in [6.07, 6.45) is 6.61. The van der Waals surface area contributed by atoms with Gasteiger partial charge in [-0.3, -0.25) is 4.79 Å². The van der Waals surface area contributed by atoms with Crippen molar-refractivity contribution in [3.63, 3.8) is 0 Å². The van der Waals surface area contributed by atoms with E-state index in [2.05, 4.69) is 5.32 Å². The Bertz CT molecular complexity index is 243. The van der Waals surface area contributed by atoms with Crippen LogP contribution in [0.4, 0.5) is 0 Å². The van der Waals surface area contributed by atoms with E-state index in [-0.39, 0.29) is 11.9 Å². The summed E-state index contributed by atoms with van der Waals surface area (Å²) in [6.45, 7) is 2.07. The predicted molar refractivity (Wildman–Crippen MR) is 74.9 cm³/mol. The van der Waals surface area contributed by atoms with Crippen LogP contribution in [0.25, 0.3) is 0 Å². The van der Waals surface area contributed by atoms with Crippen LogP contribution in [0, 0.1) is 5.92 Å². The molecule has 3 N–H and O–H groups in total. The molecular weight excluding hydrogens is 244 g/mol. The second-order valence-electron chi connectivity index (χ2n) is 5.16. The average molecular weight is 272 g/mol. The van der Waals surface area contributed by atoms with Gasteiger partial charge in [-0.2, -0.15) is 0 Å². The van der Waals surface area contributed by atoms with Gasteiger partial charge in [0.1, 0.15) is 0 Å². The fraction of sp³-hybridized carbons (Fsp3) is 0.929. The Kier molecular flexibility index (Phi) is 8.79. The van der Waals surface area contributed by atoms with Gasteiger partial charge >= 0.3 is 0 Å². The molecule has 19 heavy (non-hydrogen) atoms. The Balaban J connectivity index is 2.17. The van der Waals surface area contributed by atoms with Gasteiger partial charge in [-0.1, -0.05) is 19.3 Å². The number of carbonyl (C=O) groups excluding carboxylic acids is 1. The van der Waals surface area contributed by atoms with Crippen molar-refractivity contribution in [3.05, 3.63) is 0 Å². The second-order valence-corrected chi connectivity index (χ2v) is 5.16. The Morgan fingerprint density at radius 1 is 1.26 bits per heavy atom. The highest BCUT2D eigenvalue weighted by molar-refractivity contribution is 5.76. The van der Waals surface area contributed by atoms with Crippen LogP contribution >= 0.6 is 0 Å². The monoisotopic (exact) mass is 272 g/mol. The smallest absolute Gasteiger partial charge is 0.222 e. The molecular formula is C14H28N2O3. The summed E-state index contributed by atoms with van der Waals surface area (Å²) in [5.74, 6) is 0.593. The van der Waals surface area contributed by atoms with Gasteiger partial charge in [-0.15, -0.1) is 0 Å². The third-order valence-corrected chi connectivity index (χ3v) is 3.72. The van der Waals surface area contributed by atoms with E-state index in [1.807, 2.05) is 0 Å². The first kappa shape index (κ1) is 16.4. The van der Waals surface area contributed by atoms with Gasteiger partial charge in [0.2, 0.25) is 5.91 Å². The number of hydrogen-bond acceptors (Lipinski definition) is 4. The largest absolute Gasteiger partial charge is 0.382 e. The minimum absolute atomic E-state index is 0.0402. The maximum Gasteiger partial charge on any atom is 0.222 e. The van der Waals surface area contributed by atoms with Crippen LogP contribution in [0.3, 0.4) is 0 Å². The lowest BCUT2D eigenvalue weighted by Gasteiger charge is -2.30. The van der Waals surface area contributed by atoms with Crippen LogP contribution in [0.15, 0.2) is 0 Å². The molecule has 0 aromatic heterocycles. The molecule has 5 heteroatoms. The molecule has 1 atom stereocenters. The van der Waals surface area contributed by atoms with Gasteiger partial charge < -0.3 is 20.5 Å². The lowest BCUT2D eigenvalue weighted by atomic mass is 9.84. The van der Waals surface area contributed by atoms with E-state index in [0.29, 0.717) is 38.7 Å². The number of nitrogens with two attached hydrogens (primary N) is 1. The van der Waals surface area contributed by atoms with E-state index >= 15 is 0 Å². The number of hydrogen-bond donors (Lipinski definition) is 2. The Morgan fingerprint density at radius 2 is 2.00 bits per heavy atom. The highest BCUT2D eigenvalue weighted by atomic mass is 16.5. The zero-order chi connectivity index (χ0) is 13.9. The van der Waals surface area contributed by atoms with Crippen LogP contribution in [0.2, 0.25) is 0 Å². The lowest BCUT2D eigenvalue weighted by molar-refractivity contribution is -0.123. The minimum atomic E-state index is 0.0402. The van der Waals surface area contributed by atoms with E-state index in [1.165, 1.54) is 32.1 Å². The predicted octanol–water partition coefficient (Wildman–Crippen LogP) is 1.06. The molecule has 1 aliphatic carbocycles. The molecule has 1 fully saturated rings. The lowest BCUT2D eigenvalue weighted by Crippen LogP contribution is -2.46. The van der Waals surface area contributed by atoms with Crippen molar-refractivity contribution in [2.45, 2.75) is 44.6 Å². The third-order valence-electron chi connectivity index (χ3n) is 3.72. The van der Waals surface area contributed by atoms with Crippen molar-refractivity contribution in [2.24, 2.45) is 11.7 Å². The number of carbonyl (C=O) groups is 1. The van der Waals surface area contributed by atoms with Crippen LogP contribution in [-0.4, -0.2) is 45.4 Å². The van der Waals surface area contributed by atoms with Gasteiger partial charge in [0.25, 0.3) is 0 Å². The molecule has 0 bridgehead atoms. The number of nitrogens with one attached hydrogen (secondary N) is 1. The van der Waals surface area contributed by atoms with E-state index in [4.69, 9.17) is 15.2 Å². The zero-order valence-corrected chi connectivity index (χ0v) is 12.0. The number of rotatable bonds is 9. The van der Waals surface area contributed by atoms with Crippen molar-refractivity contribution >= 4 is 5.91 Å². The summed E-state index contributed by atoms with van der Waals surface area (Å²) < 4.78 is 10.2. The Hall–Kier alpha value is -0.650. The molecule has 0 aromatic rings. The Labute approximate surface area is 116 Å². The molecule has 0 aromatic carbocycles. The van der Waals surface area contributed by atoms with E-state index in [1.54, 1.807) is 7.11 Å². The number of methoxy groups -OCH3 is 1. The molecule has 0 radical (unpaired) electrons. The number of ether oxygens (including phenoxy) is 2. The van der Waals surface area contributed by atoms with Crippen LogP contribution < -0.4 is 11.1 Å². The summed E-state index contributed by atoms with van der Waals surface area (Å²) in [6, 6.07) is 0.131. The van der Waals surface area contributed by atoms with Crippen molar-refractivity contribution in [1.29, 1.82) is 0 Å². The minimum Gasteiger partial charge on any atom is -0.382 e. The van der Waals surface area contributed by atoms with Crippen LogP contribution in [0.5, 0.6) is 0 Å². The fourth-order valence-corrected chi connectivity index (χ4v) is 2.59. The maximum absolute atomic E-state index is 11.8. The Morgan fingerprint density at radius 3 is 2.63 bits per heavy atom. The molecule has 0 saturated heterocycles. The summed E-state index contributed by atoms with van der Waals surface area (Å²) >= 11 is 0. The van der Waals surface area contributed by atoms with E-state index in [9.17, 15) is 4.79 Å². The summed E-state index contributed by atoms with van der Waals surface area (Å²) in [5, 5.41) is 3.05. The molecule has 1 saturated carbocycles. The summed E-state index contributed by atoms with van der Waals surface area (Å²) in [7, 11) is 1.63. The topological polar surface area (TPSA) is 73.6 Å². The van der Waals surface area contributed by atoms with Crippen molar-refractivity contribution in [1.82, 2.24) is 5.32 Å². The normalized spacial score (nSPS) is 18.2. The first-order valence-electron chi connectivity index (χ1n) is 7.34. The second kappa shape index (κ2) is 10.2. The third kappa shape index (κ3) is 6.89. The van der Waals surface area contributed by atoms with Crippen molar-refractivity contribution < 1.29 is 14.3 Å². The fourth-order valence-electron chi connectivity index (χ4n) is 2.59. The van der Waals surface area contributed by atoms with Crippen LogP contribution in [-0.2, 0) is 14.3 Å². The molecule has 5 nitrogen and oxygen atoms in total. The molecule has 0 heterocycles. The van der Waals surface area contributed by atoms with E-state index in [0.717, 1.165) is 0 Å². The molecule has 1 amide bonds. The standard InChI is InChI=1S/C14H28N2O3/c1-18-9-10-19-8-7-14(17)16-13(11-15)12-5-3-2-4-6-12/h12-13H,2-11,15H2,1H3,(H,16,17). The number of amides is 1. The molecule has 0 aliphatic heterocycles. The van der Waals surface area contributed by atoms with E-state index < -0.39 is 0 Å². The van der Waals surface area contributed by atoms with Crippen LogP contribution in [0.1, 0.15) is 38.5 Å².